The highest BCUT2D eigenvalue weighted by Gasteiger charge is 2.19. The number of hydrogen-bond donors (Lipinski definition) is 7. The van der Waals surface area contributed by atoms with Crippen molar-refractivity contribution >= 4 is 0 Å². The van der Waals surface area contributed by atoms with Crippen LogP contribution in [0, 0.1) is 0 Å². The summed E-state index contributed by atoms with van der Waals surface area (Å²) >= 11 is 0. The molecule has 0 aliphatic rings. The highest BCUT2D eigenvalue weighted by atomic mass is 17.1. The fraction of sp³-hybridized carbons (Fsp3) is 0.600. The van der Waals surface area contributed by atoms with Gasteiger partial charge in [0.25, 0.3) is 0 Å². The van der Waals surface area contributed by atoms with E-state index in [1.54, 1.807) is 59.8 Å². The molecule has 230 valence electrons. The molecule has 9 heteroatoms. The predicted molar refractivity (Wildman–Crippen MR) is 159 cm³/mol. The summed E-state index contributed by atoms with van der Waals surface area (Å²) in [5.41, 5.74) is -1.19. The highest BCUT2D eigenvalue weighted by Crippen LogP contribution is 2.18. The van der Waals surface area contributed by atoms with Crippen LogP contribution < -0.4 is 0 Å². The standard InChI is InChI=1S/2C10H18O3.C10H18O.H2O2/c1-5-10(4,11)8-6-7-9(2,3)13-12;1-5-10(4,11)7-6-9(13-12)8(2)3;1-5-10(4,11)8-6-7-9(2)3;1-2/h5-7,11-12H,1,8H2,2-4H3;5,9,11-12H,1-2,6-7H2,3-4H3;5,7,11H,1,6,8H2,2-4H3;1-2H/b7-6+;;;. The van der Waals surface area contributed by atoms with Crippen molar-refractivity contribution in [3.05, 3.63) is 73.9 Å². The van der Waals surface area contributed by atoms with Crippen LogP contribution in [-0.4, -0.2) is 64.9 Å². The van der Waals surface area contributed by atoms with E-state index in [2.05, 4.69) is 56.0 Å². The Hall–Kier alpha value is -1.92. The molecule has 0 aliphatic carbocycles. The van der Waals surface area contributed by atoms with E-state index in [1.807, 2.05) is 0 Å². The molecule has 0 saturated carbocycles. The summed E-state index contributed by atoms with van der Waals surface area (Å²) in [5.74, 6) is 0. The summed E-state index contributed by atoms with van der Waals surface area (Å²) in [4.78, 5) is 8.40. The minimum Gasteiger partial charge on any atom is -0.386 e. The lowest BCUT2D eigenvalue weighted by Crippen LogP contribution is -2.24. The molecular formula is C30H56O9. The van der Waals surface area contributed by atoms with Crippen LogP contribution in [0.25, 0.3) is 0 Å². The lowest BCUT2D eigenvalue weighted by atomic mass is 9.96. The second-order valence-electron chi connectivity index (χ2n) is 10.8. The third kappa shape index (κ3) is 30.5. The molecule has 0 spiro atoms. The monoisotopic (exact) mass is 560 g/mol. The summed E-state index contributed by atoms with van der Waals surface area (Å²) < 4.78 is 0. The summed E-state index contributed by atoms with van der Waals surface area (Å²) in [6.07, 6.45) is 12.8. The molecule has 0 rings (SSSR count). The molecule has 0 saturated heterocycles. The average Bonchev–Trinajstić information content (AvgIpc) is 2.85. The van der Waals surface area contributed by atoms with E-state index in [-0.39, 0.29) is 0 Å². The molecule has 0 aromatic heterocycles. The lowest BCUT2D eigenvalue weighted by Gasteiger charge is -2.21. The van der Waals surface area contributed by atoms with Crippen molar-refractivity contribution in [2.75, 3.05) is 0 Å². The van der Waals surface area contributed by atoms with E-state index in [9.17, 15) is 15.3 Å². The molecule has 0 heterocycles. The number of aliphatic hydroxyl groups is 3. The SMILES string of the molecule is C=CC(C)(O)C/C=C/C(C)(C)OO.C=CC(C)(O)CCC(OO)C(=C)C.C=CC(C)(O)CCC=C(C)C.OO. The molecule has 0 aromatic carbocycles. The zero-order valence-electron chi connectivity index (χ0n) is 25.4. The van der Waals surface area contributed by atoms with Crippen molar-refractivity contribution < 1.29 is 46.1 Å². The zero-order chi connectivity index (χ0) is 31.9. The summed E-state index contributed by atoms with van der Waals surface area (Å²) in [7, 11) is 0. The van der Waals surface area contributed by atoms with Crippen molar-refractivity contribution in [1.82, 2.24) is 0 Å². The fourth-order valence-corrected chi connectivity index (χ4v) is 2.36. The third-order valence-electron chi connectivity index (χ3n) is 5.40. The van der Waals surface area contributed by atoms with E-state index in [4.69, 9.17) is 21.0 Å². The van der Waals surface area contributed by atoms with E-state index < -0.39 is 28.5 Å². The van der Waals surface area contributed by atoms with Crippen LogP contribution in [0.1, 0.15) is 87.5 Å². The molecule has 4 unspecified atom stereocenters. The molecule has 39 heavy (non-hydrogen) atoms. The minimum absolute atomic E-state index is 0.411. The van der Waals surface area contributed by atoms with Crippen LogP contribution in [0.3, 0.4) is 0 Å². The molecule has 0 aromatic rings. The predicted octanol–water partition coefficient (Wildman–Crippen LogP) is 6.96. The van der Waals surface area contributed by atoms with Crippen LogP contribution in [0.4, 0.5) is 0 Å². The normalized spacial score (nSPS) is 16.1. The Labute approximate surface area is 236 Å². The molecule has 4 atom stereocenters. The van der Waals surface area contributed by atoms with Crippen LogP contribution in [0.5, 0.6) is 0 Å². The zero-order valence-corrected chi connectivity index (χ0v) is 25.4. The van der Waals surface area contributed by atoms with Gasteiger partial charge in [-0.3, -0.25) is 21.0 Å². The van der Waals surface area contributed by atoms with E-state index in [0.717, 1.165) is 18.4 Å². The van der Waals surface area contributed by atoms with Gasteiger partial charge >= 0.3 is 0 Å². The largest absolute Gasteiger partial charge is 0.386 e. The van der Waals surface area contributed by atoms with Crippen molar-refractivity contribution in [2.45, 2.75) is 116 Å². The minimum atomic E-state index is -0.910. The van der Waals surface area contributed by atoms with Gasteiger partial charge in [-0.05, 0) is 93.1 Å². The van der Waals surface area contributed by atoms with Gasteiger partial charge in [-0.2, -0.15) is 0 Å². The summed E-state index contributed by atoms with van der Waals surface area (Å²) in [5, 5.41) is 57.5. The van der Waals surface area contributed by atoms with Crippen LogP contribution in [-0.2, 0) is 9.78 Å². The Morgan fingerprint density at radius 3 is 1.56 bits per heavy atom. The number of rotatable bonds is 15. The van der Waals surface area contributed by atoms with Crippen molar-refractivity contribution in [3.63, 3.8) is 0 Å². The molecule has 9 nitrogen and oxygen atoms in total. The van der Waals surface area contributed by atoms with E-state index >= 15 is 0 Å². The molecule has 7 N–H and O–H groups in total. The van der Waals surface area contributed by atoms with Crippen molar-refractivity contribution in [3.8, 4) is 0 Å². The van der Waals surface area contributed by atoms with Gasteiger partial charge in [-0.25, -0.2) is 9.78 Å². The highest BCUT2D eigenvalue weighted by molar-refractivity contribution is 5.03. The average molecular weight is 561 g/mol. The Kier molecular flexibility index (Phi) is 25.8. The van der Waals surface area contributed by atoms with Crippen molar-refractivity contribution in [1.29, 1.82) is 0 Å². The van der Waals surface area contributed by atoms with Gasteiger partial charge in [0.05, 0.1) is 16.8 Å². The first-order valence-corrected chi connectivity index (χ1v) is 12.6. The molecule has 0 radical (unpaired) electrons. The quantitative estimate of drug-likeness (QED) is 0.0637. The third-order valence-corrected chi connectivity index (χ3v) is 5.40. The van der Waals surface area contributed by atoms with Gasteiger partial charge in [0.1, 0.15) is 11.7 Å². The molecule has 0 bridgehead atoms. The topological polar surface area (TPSA) is 160 Å². The van der Waals surface area contributed by atoms with Gasteiger partial charge in [-0.1, -0.05) is 48.6 Å². The Morgan fingerprint density at radius 1 is 0.795 bits per heavy atom. The van der Waals surface area contributed by atoms with Gasteiger partial charge < -0.3 is 15.3 Å². The molecule has 0 fully saturated rings. The van der Waals surface area contributed by atoms with Crippen LogP contribution in [0.2, 0.25) is 0 Å². The fourth-order valence-electron chi connectivity index (χ4n) is 2.36. The Morgan fingerprint density at radius 2 is 1.23 bits per heavy atom. The second kappa shape index (κ2) is 22.9. The second-order valence-corrected chi connectivity index (χ2v) is 10.8. The maximum atomic E-state index is 9.56. The van der Waals surface area contributed by atoms with Gasteiger partial charge in [0.2, 0.25) is 0 Å². The number of hydrogen-bond acceptors (Lipinski definition) is 9. The molecule has 0 amide bonds. The summed E-state index contributed by atoms with van der Waals surface area (Å²) in [6, 6.07) is 0. The first kappa shape index (κ1) is 44.1. The lowest BCUT2D eigenvalue weighted by molar-refractivity contribution is -0.297. The van der Waals surface area contributed by atoms with Crippen LogP contribution in [0.15, 0.2) is 73.9 Å². The Bertz CT molecular complexity index is 729. The molecular weight excluding hydrogens is 504 g/mol. The first-order valence-electron chi connectivity index (χ1n) is 12.6. The summed E-state index contributed by atoms with van der Waals surface area (Å²) in [6.45, 7) is 28.6. The Balaban J connectivity index is -0.000000229. The smallest absolute Gasteiger partial charge is 0.116 e. The molecule has 0 aliphatic heterocycles. The maximum absolute atomic E-state index is 9.56. The van der Waals surface area contributed by atoms with Gasteiger partial charge in [0, 0.05) is 0 Å². The first-order chi connectivity index (χ1) is 17.7. The van der Waals surface area contributed by atoms with Gasteiger partial charge in [-0.15, -0.1) is 19.7 Å². The van der Waals surface area contributed by atoms with Crippen LogP contribution >= 0.6 is 0 Å². The van der Waals surface area contributed by atoms with Crippen molar-refractivity contribution in [2.24, 2.45) is 0 Å². The van der Waals surface area contributed by atoms with Gasteiger partial charge in [0.15, 0.2) is 0 Å². The van der Waals surface area contributed by atoms with E-state index in [1.165, 1.54) is 17.7 Å². The number of allylic oxidation sites excluding steroid dienone is 2. The van der Waals surface area contributed by atoms with E-state index in [0.29, 0.717) is 19.3 Å². The maximum Gasteiger partial charge on any atom is 0.116 e.